The van der Waals surface area contributed by atoms with Gasteiger partial charge in [-0.3, -0.25) is 9.59 Å². The van der Waals surface area contributed by atoms with Crippen LogP contribution in [0.2, 0.25) is 0 Å². The highest BCUT2D eigenvalue weighted by molar-refractivity contribution is 5.76. The normalized spacial score (nSPS) is 14.5. The molecule has 2 rings (SSSR count). The van der Waals surface area contributed by atoms with Crippen LogP contribution in [0.5, 0.6) is 5.75 Å². The van der Waals surface area contributed by atoms with Crippen molar-refractivity contribution >= 4 is 11.9 Å². The van der Waals surface area contributed by atoms with E-state index in [9.17, 15) is 9.59 Å². The van der Waals surface area contributed by atoms with Crippen molar-refractivity contribution in [2.45, 2.75) is 57.5 Å². The Labute approximate surface area is 143 Å². The van der Waals surface area contributed by atoms with Crippen molar-refractivity contribution in [1.82, 2.24) is 4.90 Å². The Balaban J connectivity index is 1.76. The predicted molar refractivity (Wildman–Crippen MR) is 92.2 cm³/mol. The molecule has 1 amide bonds. The summed E-state index contributed by atoms with van der Waals surface area (Å²) in [5.74, 6) is 0.110. The van der Waals surface area contributed by atoms with Crippen molar-refractivity contribution in [2.24, 2.45) is 0 Å². The third-order valence-electron chi connectivity index (χ3n) is 4.44. The first kappa shape index (κ1) is 18.3. The molecule has 1 saturated carbocycles. The van der Waals surface area contributed by atoms with E-state index < -0.39 is 5.97 Å². The molecule has 0 spiro atoms. The van der Waals surface area contributed by atoms with Gasteiger partial charge in [-0.1, -0.05) is 12.1 Å². The third kappa shape index (κ3) is 6.22. The summed E-state index contributed by atoms with van der Waals surface area (Å²) in [6.45, 7) is 0.482. The lowest BCUT2D eigenvalue weighted by atomic mass is 10.1. The Morgan fingerprint density at radius 2 is 2.00 bits per heavy atom. The van der Waals surface area contributed by atoms with Crippen LogP contribution in [-0.4, -0.2) is 41.6 Å². The summed E-state index contributed by atoms with van der Waals surface area (Å²) in [4.78, 5) is 24.2. The number of carbonyl (C=O) groups excluding carboxylic acids is 1. The quantitative estimate of drug-likeness (QED) is 0.753. The van der Waals surface area contributed by atoms with E-state index in [4.69, 9.17) is 9.84 Å². The summed E-state index contributed by atoms with van der Waals surface area (Å²) in [6, 6.07) is 7.98. The number of nitrogens with zero attached hydrogens (tertiary/aromatic N) is 1. The van der Waals surface area contributed by atoms with Gasteiger partial charge < -0.3 is 14.7 Å². The summed E-state index contributed by atoms with van der Waals surface area (Å²) >= 11 is 0. The molecule has 0 atom stereocenters. The first-order valence-electron chi connectivity index (χ1n) is 8.76. The van der Waals surface area contributed by atoms with Crippen LogP contribution in [0.25, 0.3) is 0 Å². The second-order valence-corrected chi connectivity index (χ2v) is 6.48. The molecule has 0 saturated heterocycles. The molecule has 0 unspecified atom stereocenters. The molecule has 0 bridgehead atoms. The molecule has 1 N–H and O–H groups in total. The van der Waals surface area contributed by atoms with Crippen molar-refractivity contribution in [1.29, 1.82) is 0 Å². The van der Waals surface area contributed by atoms with Crippen LogP contribution in [-0.2, 0) is 16.0 Å². The number of carboxylic acid groups (broad SMARTS) is 1. The van der Waals surface area contributed by atoms with Crippen molar-refractivity contribution in [3.8, 4) is 5.75 Å². The SMILES string of the molecule is CN(CCCC(=O)O)C(=O)CCc1cccc(OC2CCCC2)c1. The van der Waals surface area contributed by atoms with E-state index in [2.05, 4.69) is 0 Å². The van der Waals surface area contributed by atoms with Gasteiger partial charge in [-0.05, 0) is 56.2 Å². The first-order valence-corrected chi connectivity index (χ1v) is 8.76. The number of aliphatic carboxylic acids is 1. The van der Waals surface area contributed by atoms with Gasteiger partial charge in [0.15, 0.2) is 0 Å². The summed E-state index contributed by atoms with van der Waals surface area (Å²) in [6.07, 6.45) is 6.76. The van der Waals surface area contributed by atoms with Crippen LogP contribution >= 0.6 is 0 Å². The highest BCUT2D eigenvalue weighted by Crippen LogP contribution is 2.24. The molecule has 1 aromatic carbocycles. The largest absolute Gasteiger partial charge is 0.490 e. The molecule has 1 fully saturated rings. The monoisotopic (exact) mass is 333 g/mol. The highest BCUT2D eigenvalue weighted by Gasteiger charge is 2.16. The Kier molecular flexibility index (Phi) is 7.09. The van der Waals surface area contributed by atoms with Crippen LogP contribution in [0, 0.1) is 0 Å². The number of carbonyl (C=O) groups is 2. The Morgan fingerprint density at radius 3 is 2.71 bits per heavy atom. The molecule has 24 heavy (non-hydrogen) atoms. The first-order chi connectivity index (χ1) is 11.5. The number of rotatable bonds is 9. The topological polar surface area (TPSA) is 66.8 Å². The van der Waals surface area contributed by atoms with Gasteiger partial charge in [0.2, 0.25) is 5.91 Å². The molecule has 0 aromatic heterocycles. The van der Waals surface area contributed by atoms with Gasteiger partial charge in [0, 0.05) is 26.4 Å². The average molecular weight is 333 g/mol. The number of hydrogen-bond donors (Lipinski definition) is 1. The molecule has 5 heteroatoms. The van der Waals surface area contributed by atoms with Gasteiger partial charge >= 0.3 is 5.97 Å². The second kappa shape index (κ2) is 9.30. The lowest BCUT2D eigenvalue weighted by Gasteiger charge is -2.17. The highest BCUT2D eigenvalue weighted by atomic mass is 16.5. The fraction of sp³-hybridized carbons (Fsp3) is 0.579. The van der Waals surface area contributed by atoms with E-state index in [0.717, 1.165) is 24.2 Å². The zero-order valence-corrected chi connectivity index (χ0v) is 14.4. The zero-order valence-electron chi connectivity index (χ0n) is 14.4. The van der Waals surface area contributed by atoms with Crippen LogP contribution in [0.4, 0.5) is 0 Å². The second-order valence-electron chi connectivity index (χ2n) is 6.48. The minimum atomic E-state index is -0.824. The Hall–Kier alpha value is -2.04. The van der Waals surface area contributed by atoms with Crippen LogP contribution in [0.15, 0.2) is 24.3 Å². The molecule has 5 nitrogen and oxygen atoms in total. The van der Waals surface area contributed by atoms with Crippen LogP contribution in [0.1, 0.15) is 50.5 Å². The summed E-state index contributed by atoms with van der Waals surface area (Å²) in [5, 5.41) is 8.63. The van der Waals surface area contributed by atoms with E-state index in [0.29, 0.717) is 31.9 Å². The number of amides is 1. The summed E-state index contributed by atoms with van der Waals surface area (Å²) < 4.78 is 5.99. The average Bonchev–Trinajstić information content (AvgIpc) is 3.05. The molecule has 1 aliphatic rings. The number of benzene rings is 1. The summed E-state index contributed by atoms with van der Waals surface area (Å²) in [5.41, 5.74) is 1.10. The van der Waals surface area contributed by atoms with E-state index in [1.165, 1.54) is 12.8 Å². The van der Waals surface area contributed by atoms with E-state index >= 15 is 0 Å². The fourth-order valence-electron chi connectivity index (χ4n) is 3.01. The van der Waals surface area contributed by atoms with Crippen LogP contribution in [0.3, 0.4) is 0 Å². The molecular weight excluding hydrogens is 306 g/mol. The van der Waals surface area contributed by atoms with Crippen molar-refractivity contribution < 1.29 is 19.4 Å². The molecular formula is C19H27NO4. The number of hydrogen-bond acceptors (Lipinski definition) is 3. The molecule has 0 aliphatic heterocycles. The number of aryl methyl sites for hydroxylation is 1. The maximum atomic E-state index is 12.1. The van der Waals surface area contributed by atoms with Gasteiger partial charge in [-0.15, -0.1) is 0 Å². The summed E-state index contributed by atoms with van der Waals surface area (Å²) in [7, 11) is 1.73. The maximum Gasteiger partial charge on any atom is 0.303 e. The minimum Gasteiger partial charge on any atom is -0.490 e. The molecule has 1 aromatic rings. The fourth-order valence-corrected chi connectivity index (χ4v) is 3.01. The van der Waals surface area contributed by atoms with Gasteiger partial charge in [-0.2, -0.15) is 0 Å². The lowest BCUT2D eigenvalue weighted by Crippen LogP contribution is -2.28. The van der Waals surface area contributed by atoms with Crippen molar-refractivity contribution in [3.63, 3.8) is 0 Å². The van der Waals surface area contributed by atoms with Crippen molar-refractivity contribution in [3.05, 3.63) is 29.8 Å². The minimum absolute atomic E-state index is 0.0440. The van der Waals surface area contributed by atoms with Gasteiger partial charge in [0.1, 0.15) is 5.75 Å². The molecule has 132 valence electrons. The maximum absolute atomic E-state index is 12.1. The van der Waals surface area contributed by atoms with Gasteiger partial charge in [0.05, 0.1) is 6.10 Å². The van der Waals surface area contributed by atoms with E-state index in [1.807, 2.05) is 24.3 Å². The molecule has 0 radical (unpaired) electrons. The van der Waals surface area contributed by atoms with E-state index in [-0.39, 0.29) is 12.3 Å². The smallest absolute Gasteiger partial charge is 0.303 e. The zero-order chi connectivity index (χ0) is 17.4. The molecule has 0 heterocycles. The van der Waals surface area contributed by atoms with Crippen LogP contribution < -0.4 is 4.74 Å². The van der Waals surface area contributed by atoms with Gasteiger partial charge in [0.25, 0.3) is 0 Å². The standard InChI is InChI=1S/C19H27NO4/c1-20(13-5-10-19(22)23)18(21)12-11-15-6-4-9-17(14-15)24-16-7-2-3-8-16/h4,6,9,14,16H,2-3,5,7-8,10-13H2,1H3,(H,22,23). The van der Waals surface area contributed by atoms with Crippen molar-refractivity contribution in [2.75, 3.05) is 13.6 Å². The van der Waals surface area contributed by atoms with Gasteiger partial charge in [-0.25, -0.2) is 0 Å². The molecule has 1 aliphatic carbocycles. The third-order valence-corrected chi connectivity index (χ3v) is 4.44. The Morgan fingerprint density at radius 1 is 1.25 bits per heavy atom. The Bertz CT molecular complexity index is 552. The van der Waals surface area contributed by atoms with E-state index in [1.54, 1.807) is 11.9 Å². The number of ether oxygens (including phenoxy) is 1. The lowest BCUT2D eigenvalue weighted by molar-refractivity contribution is -0.138. The predicted octanol–water partition coefficient (Wildman–Crippen LogP) is 3.26. The number of carboxylic acids is 1.